The van der Waals surface area contributed by atoms with Crippen LogP contribution in [0.2, 0.25) is 5.02 Å². The summed E-state index contributed by atoms with van der Waals surface area (Å²) in [5.74, 6) is 0.894. The Morgan fingerprint density at radius 1 is 1.45 bits per heavy atom. The van der Waals surface area contributed by atoms with Crippen LogP contribution in [0.5, 0.6) is 0 Å². The van der Waals surface area contributed by atoms with E-state index in [1.807, 2.05) is 16.7 Å². The van der Waals surface area contributed by atoms with Crippen molar-refractivity contribution >= 4 is 40.2 Å². The molecule has 0 amide bonds. The highest BCUT2D eigenvalue weighted by molar-refractivity contribution is 6.35. The minimum atomic E-state index is -0.178. The number of halogens is 2. The van der Waals surface area contributed by atoms with E-state index in [2.05, 4.69) is 4.98 Å². The first-order valence-electron chi connectivity index (χ1n) is 6.52. The number of hydrogen-bond acceptors (Lipinski definition) is 3. The maximum atomic E-state index is 11.3. The number of esters is 1. The summed E-state index contributed by atoms with van der Waals surface area (Å²) in [5.41, 5.74) is 1.69. The standard InChI is InChI=1S/C14H16Cl2N2O2/c1-2-20-13(19)7-4-8-18-11-6-3-5-10(16)14(11)17-12(18)9-15/h3,5-6H,2,4,7-9H2,1H3. The molecule has 0 saturated heterocycles. The Morgan fingerprint density at radius 2 is 2.25 bits per heavy atom. The van der Waals surface area contributed by atoms with Crippen LogP contribution in [0.15, 0.2) is 18.2 Å². The molecule has 0 atom stereocenters. The van der Waals surface area contributed by atoms with E-state index in [1.54, 1.807) is 13.0 Å². The molecule has 0 radical (unpaired) electrons. The molecule has 0 unspecified atom stereocenters. The van der Waals surface area contributed by atoms with Gasteiger partial charge in [0.25, 0.3) is 0 Å². The third-order valence-corrected chi connectivity index (χ3v) is 3.54. The van der Waals surface area contributed by atoms with Gasteiger partial charge in [-0.3, -0.25) is 4.79 Å². The number of aromatic nitrogens is 2. The van der Waals surface area contributed by atoms with E-state index in [0.29, 0.717) is 36.9 Å². The summed E-state index contributed by atoms with van der Waals surface area (Å²) in [6, 6.07) is 5.64. The predicted octanol–water partition coefficient (Wildman–Crippen LogP) is 3.77. The fraction of sp³-hybridized carbons (Fsp3) is 0.429. The highest BCUT2D eigenvalue weighted by atomic mass is 35.5. The first-order valence-corrected chi connectivity index (χ1v) is 7.43. The molecule has 1 heterocycles. The lowest BCUT2D eigenvalue weighted by Crippen LogP contribution is -2.08. The zero-order valence-electron chi connectivity index (χ0n) is 11.2. The third-order valence-electron chi connectivity index (χ3n) is 3.00. The van der Waals surface area contributed by atoms with Gasteiger partial charge in [0.15, 0.2) is 0 Å². The summed E-state index contributed by atoms with van der Waals surface area (Å²) in [7, 11) is 0. The lowest BCUT2D eigenvalue weighted by molar-refractivity contribution is -0.143. The van der Waals surface area contributed by atoms with Crippen molar-refractivity contribution in [3.63, 3.8) is 0 Å². The minimum absolute atomic E-state index is 0.178. The number of ether oxygens (including phenoxy) is 1. The van der Waals surface area contributed by atoms with Gasteiger partial charge >= 0.3 is 5.97 Å². The first kappa shape index (κ1) is 15.1. The number of carbonyl (C=O) groups excluding carboxylic acids is 1. The summed E-state index contributed by atoms with van der Waals surface area (Å²) in [5, 5.41) is 0.609. The quantitative estimate of drug-likeness (QED) is 0.602. The van der Waals surface area contributed by atoms with Gasteiger partial charge in [0, 0.05) is 13.0 Å². The van der Waals surface area contributed by atoms with E-state index < -0.39 is 0 Å². The van der Waals surface area contributed by atoms with Crippen LogP contribution in [0, 0.1) is 0 Å². The van der Waals surface area contributed by atoms with Crippen LogP contribution in [-0.2, 0) is 22.0 Å². The molecule has 0 aliphatic heterocycles. The van der Waals surface area contributed by atoms with Gasteiger partial charge in [-0.05, 0) is 25.5 Å². The Labute approximate surface area is 127 Å². The van der Waals surface area contributed by atoms with Crippen LogP contribution in [0.3, 0.4) is 0 Å². The van der Waals surface area contributed by atoms with Crippen LogP contribution >= 0.6 is 23.2 Å². The topological polar surface area (TPSA) is 44.1 Å². The summed E-state index contributed by atoms with van der Waals surface area (Å²) < 4.78 is 6.92. The van der Waals surface area contributed by atoms with E-state index in [9.17, 15) is 4.79 Å². The minimum Gasteiger partial charge on any atom is -0.466 e. The Bertz CT molecular complexity index is 610. The molecule has 0 aliphatic rings. The Balaban J connectivity index is 2.16. The molecule has 2 aromatic rings. The van der Waals surface area contributed by atoms with Gasteiger partial charge in [0.05, 0.1) is 23.0 Å². The predicted molar refractivity (Wildman–Crippen MR) is 80.2 cm³/mol. The second-order valence-corrected chi connectivity index (χ2v) is 5.00. The van der Waals surface area contributed by atoms with Crippen molar-refractivity contribution in [1.82, 2.24) is 9.55 Å². The number of alkyl halides is 1. The number of para-hydroxylation sites is 1. The molecule has 108 valence electrons. The van der Waals surface area contributed by atoms with Crippen molar-refractivity contribution in [3.8, 4) is 0 Å². The van der Waals surface area contributed by atoms with Crippen LogP contribution in [0.25, 0.3) is 11.0 Å². The van der Waals surface area contributed by atoms with Crippen LogP contribution < -0.4 is 0 Å². The Morgan fingerprint density at radius 3 is 2.95 bits per heavy atom. The average Bonchev–Trinajstić information content (AvgIpc) is 2.79. The number of rotatable bonds is 6. The number of imidazole rings is 1. The molecule has 20 heavy (non-hydrogen) atoms. The number of aryl methyl sites for hydroxylation is 1. The van der Waals surface area contributed by atoms with E-state index in [-0.39, 0.29) is 5.97 Å². The number of fused-ring (bicyclic) bond motifs is 1. The lowest BCUT2D eigenvalue weighted by atomic mass is 10.3. The zero-order valence-corrected chi connectivity index (χ0v) is 12.7. The van der Waals surface area contributed by atoms with Crippen molar-refractivity contribution in [1.29, 1.82) is 0 Å². The summed E-state index contributed by atoms with van der Waals surface area (Å²) >= 11 is 12.1. The van der Waals surface area contributed by atoms with Crippen molar-refractivity contribution in [2.75, 3.05) is 6.61 Å². The molecule has 0 spiro atoms. The summed E-state index contributed by atoms with van der Waals surface area (Å²) in [6.45, 7) is 2.88. The fourth-order valence-corrected chi connectivity index (χ4v) is 2.54. The third kappa shape index (κ3) is 3.25. The Hall–Kier alpha value is -1.26. The zero-order chi connectivity index (χ0) is 14.5. The molecule has 0 saturated carbocycles. The maximum absolute atomic E-state index is 11.3. The molecule has 0 aliphatic carbocycles. The van der Waals surface area contributed by atoms with E-state index >= 15 is 0 Å². The first-order chi connectivity index (χ1) is 9.67. The van der Waals surface area contributed by atoms with Crippen molar-refractivity contribution in [2.45, 2.75) is 32.2 Å². The Kier molecular flexibility index (Phi) is 5.26. The van der Waals surface area contributed by atoms with Crippen LogP contribution in [0.4, 0.5) is 0 Å². The van der Waals surface area contributed by atoms with Gasteiger partial charge < -0.3 is 9.30 Å². The van der Waals surface area contributed by atoms with E-state index in [1.165, 1.54) is 0 Å². The highest BCUT2D eigenvalue weighted by Crippen LogP contribution is 2.25. The second kappa shape index (κ2) is 6.95. The molecular formula is C14H16Cl2N2O2. The molecular weight excluding hydrogens is 299 g/mol. The van der Waals surface area contributed by atoms with Crippen LogP contribution in [-0.4, -0.2) is 22.1 Å². The van der Waals surface area contributed by atoms with Gasteiger partial charge in [-0.1, -0.05) is 17.7 Å². The number of hydrogen-bond donors (Lipinski definition) is 0. The molecule has 0 fully saturated rings. The lowest BCUT2D eigenvalue weighted by Gasteiger charge is -2.07. The monoisotopic (exact) mass is 314 g/mol. The van der Waals surface area contributed by atoms with Gasteiger partial charge in [-0.15, -0.1) is 11.6 Å². The van der Waals surface area contributed by atoms with Gasteiger partial charge in [0.2, 0.25) is 0 Å². The smallest absolute Gasteiger partial charge is 0.305 e. The highest BCUT2D eigenvalue weighted by Gasteiger charge is 2.12. The largest absolute Gasteiger partial charge is 0.466 e. The van der Waals surface area contributed by atoms with Crippen molar-refractivity contribution < 1.29 is 9.53 Å². The number of carbonyl (C=O) groups is 1. The maximum Gasteiger partial charge on any atom is 0.305 e. The average molecular weight is 315 g/mol. The van der Waals surface area contributed by atoms with E-state index in [0.717, 1.165) is 16.9 Å². The molecule has 0 N–H and O–H groups in total. The summed E-state index contributed by atoms with van der Waals surface area (Å²) in [4.78, 5) is 15.8. The molecule has 0 bridgehead atoms. The van der Waals surface area contributed by atoms with Crippen molar-refractivity contribution in [3.05, 3.63) is 29.0 Å². The molecule has 1 aromatic heterocycles. The normalized spacial score (nSPS) is 10.9. The second-order valence-electron chi connectivity index (χ2n) is 4.33. The number of benzene rings is 1. The van der Waals surface area contributed by atoms with Gasteiger partial charge in [-0.25, -0.2) is 4.98 Å². The van der Waals surface area contributed by atoms with Gasteiger partial charge in [0.1, 0.15) is 11.3 Å². The number of nitrogens with zero attached hydrogens (tertiary/aromatic N) is 2. The van der Waals surface area contributed by atoms with Crippen LogP contribution in [0.1, 0.15) is 25.6 Å². The molecule has 2 rings (SSSR count). The SMILES string of the molecule is CCOC(=O)CCCn1c(CCl)nc2c(Cl)cccc21. The fourth-order valence-electron chi connectivity index (χ4n) is 2.13. The van der Waals surface area contributed by atoms with E-state index in [4.69, 9.17) is 27.9 Å². The molecule has 6 heteroatoms. The van der Waals surface area contributed by atoms with Crippen molar-refractivity contribution in [2.24, 2.45) is 0 Å². The molecule has 4 nitrogen and oxygen atoms in total. The van der Waals surface area contributed by atoms with Gasteiger partial charge in [-0.2, -0.15) is 0 Å². The summed E-state index contributed by atoms with van der Waals surface area (Å²) in [6.07, 6.45) is 1.07. The molecule has 1 aromatic carbocycles.